The number of fused-ring (bicyclic) bond motifs is 1. The molecule has 5 heteroatoms. The summed E-state index contributed by atoms with van der Waals surface area (Å²) in [5, 5.41) is 0. The van der Waals surface area contributed by atoms with Crippen LogP contribution in [-0.4, -0.2) is 21.1 Å². The SMILES string of the molecule is Cc1cc2c(cc1F)[nH]c(=S)n2CC1CCSCC1. The molecule has 1 saturated heterocycles. The van der Waals surface area contributed by atoms with E-state index in [-0.39, 0.29) is 5.82 Å². The number of aromatic amines is 1. The minimum atomic E-state index is -0.176. The van der Waals surface area contributed by atoms with E-state index < -0.39 is 0 Å². The first kappa shape index (κ1) is 13.2. The Morgan fingerprint density at radius 3 is 2.89 bits per heavy atom. The van der Waals surface area contributed by atoms with Crippen LogP contribution in [0.25, 0.3) is 11.0 Å². The molecule has 1 fully saturated rings. The Morgan fingerprint density at radius 1 is 1.42 bits per heavy atom. The molecule has 1 aliphatic rings. The van der Waals surface area contributed by atoms with Crippen LogP contribution in [-0.2, 0) is 6.54 Å². The van der Waals surface area contributed by atoms with E-state index in [0.717, 1.165) is 17.6 Å². The lowest BCUT2D eigenvalue weighted by Crippen LogP contribution is -2.16. The first-order valence-electron chi connectivity index (χ1n) is 6.61. The van der Waals surface area contributed by atoms with Gasteiger partial charge in [0.05, 0.1) is 11.0 Å². The van der Waals surface area contributed by atoms with Crippen molar-refractivity contribution in [2.75, 3.05) is 11.5 Å². The molecule has 2 heterocycles. The second-order valence-electron chi connectivity index (χ2n) is 5.22. The molecule has 1 aromatic carbocycles. The highest BCUT2D eigenvalue weighted by atomic mass is 32.2. The molecule has 1 aliphatic heterocycles. The molecule has 0 amide bonds. The summed E-state index contributed by atoms with van der Waals surface area (Å²) in [6, 6.07) is 3.45. The van der Waals surface area contributed by atoms with E-state index in [1.165, 1.54) is 24.3 Å². The number of H-pyrrole nitrogens is 1. The fourth-order valence-electron chi connectivity index (χ4n) is 2.65. The van der Waals surface area contributed by atoms with Gasteiger partial charge in [-0.25, -0.2) is 4.39 Å². The predicted molar refractivity (Wildman–Crippen MR) is 81.9 cm³/mol. The number of nitrogens with zero attached hydrogens (tertiary/aromatic N) is 1. The van der Waals surface area contributed by atoms with Crippen molar-refractivity contribution in [2.24, 2.45) is 5.92 Å². The van der Waals surface area contributed by atoms with Crippen LogP contribution in [0, 0.1) is 23.4 Å². The number of hydrogen-bond acceptors (Lipinski definition) is 2. The number of thioether (sulfide) groups is 1. The van der Waals surface area contributed by atoms with Gasteiger partial charge in [-0.1, -0.05) is 0 Å². The Bertz CT molecular complexity index is 653. The Labute approximate surface area is 121 Å². The maximum atomic E-state index is 13.6. The second-order valence-corrected chi connectivity index (χ2v) is 6.83. The maximum absolute atomic E-state index is 13.6. The highest BCUT2D eigenvalue weighted by Gasteiger charge is 2.16. The van der Waals surface area contributed by atoms with E-state index in [2.05, 4.69) is 9.55 Å². The lowest BCUT2D eigenvalue weighted by atomic mass is 10.0. The molecule has 0 radical (unpaired) electrons. The lowest BCUT2D eigenvalue weighted by molar-refractivity contribution is 0.420. The molecule has 2 aromatic rings. The van der Waals surface area contributed by atoms with Crippen LogP contribution in [0.4, 0.5) is 4.39 Å². The van der Waals surface area contributed by atoms with Gasteiger partial charge >= 0.3 is 0 Å². The summed E-state index contributed by atoms with van der Waals surface area (Å²) in [4.78, 5) is 3.12. The lowest BCUT2D eigenvalue weighted by Gasteiger charge is -2.22. The summed E-state index contributed by atoms with van der Waals surface area (Å²) >= 11 is 7.42. The van der Waals surface area contributed by atoms with E-state index in [9.17, 15) is 4.39 Å². The van der Waals surface area contributed by atoms with Crippen molar-refractivity contribution >= 4 is 35.0 Å². The van der Waals surface area contributed by atoms with Gasteiger partial charge in [0, 0.05) is 6.54 Å². The Hall–Kier alpha value is -0.810. The third kappa shape index (κ3) is 2.58. The van der Waals surface area contributed by atoms with Crippen LogP contribution in [0.2, 0.25) is 0 Å². The Kier molecular flexibility index (Phi) is 3.67. The molecule has 1 aromatic heterocycles. The zero-order valence-corrected chi connectivity index (χ0v) is 12.5. The van der Waals surface area contributed by atoms with Gasteiger partial charge in [-0.15, -0.1) is 0 Å². The third-order valence-corrected chi connectivity index (χ3v) is 5.21. The number of benzene rings is 1. The number of imidazole rings is 1. The van der Waals surface area contributed by atoms with Gasteiger partial charge in [-0.05, 0) is 67.1 Å². The van der Waals surface area contributed by atoms with Crippen molar-refractivity contribution in [3.8, 4) is 0 Å². The van der Waals surface area contributed by atoms with Crippen molar-refractivity contribution in [1.29, 1.82) is 0 Å². The van der Waals surface area contributed by atoms with Crippen molar-refractivity contribution in [1.82, 2.24) is 9.55 Å². The topological polar surface area (TPSA) is 20.7 Å². The van der Waals surface area contributed by atoms with Crippen LogP contribution in [0.15, 0.2) is 12.1 Å². The monoisotopic (exact) mass is 296 g/mol. The minimum Gasteiger partial charge on any atom is -0.330 e. The van der Waals surface area contributed by atoms with Crippen LogP contribution >= 0.6 is 24.0 Å². The van der Waals surface area contributed by atoms with Gasteiger partial charge in [0.2, 0.25) is 0 Å². The standard InChI is InChI=1S/C14H17FN2S2/c1-9-6-13-12(7-11(9)15)16-14(18)17(13)8-10-2-4-19-5-3-10/h6-7,10H,2-5,8H2,1H3,(H,16,18). The zero-order valence-electron chi connectivity index (χ0n) is 10.9. The number of nitrogens with one attached hydrogen (secondary N) is 1. The van der Waals surface area contributed by atoms with E-state index in [4.69, 9.17) is 12.2 Å². The Balaban J connectivity index is 2.00. The summed E-state index contributed by atoms with van der Waals surface area (Å²) in [6.07, 6.45) is 2.50. The van der Waals surface area contributed by atoms with E-state index in [1.54, 1.807) is 13.0 Å². The summed E-state index contributed by atoms with van der Waals surface area (Å²) < 4.78 is 16.4. The molecule has 0 unspecified atom stereocenters. The first-order valence-corrected chi connectivity index (χ1v) is 8.18. The van der Waals surface area contributed by atoms with E-state index in [1.807, 2.05) is 17.8 Å². The molecule has 0 bridgehead atoms. The van der Waals surface area contributed by atoms with Crippen molar-refractivity contribution < 1.29 is 4.39 Å². The first-order chi connectivity index (χ1) is 9.15. The predicted octanol–water partition coefficient (Wildman–Crippen LogP) is 4.29. The van der Waals surface area contributed by atoms with Gasteiger partial charge in [-0.3, -0.25) is 0 Å². The zero-order chi connectivity index (χ0) is 13.4. The Morgan fingerprint density at radius 2 is 2.16 bits per heavy atom. The smallest absolute Gasteiger partial charge is 0.178 e. The summed E-state index contributed by atoms with van der Waals surface area (Å²) in [5.74, 6) is 3.00. The number of aromatic nitrogens is 2. The molecular weight excluding hydrogens is 279 g/mol. The van der Waals surface area contributed by atoms with Gasteiger partial charge < -0.3 is 9.55 Å². The summed E-state index contributed by atoms with van der Waals surface area (Å²) in [6.45, 7) is 2.75. The van der Waals surface area contributed by atoms with Crippen LogP contribution in [0.5, 0.6) is 0 Å². The molecule has 0 atom stereocenters. The highest BCUT2D eigenvalue weighted by Crippen LogP contribution is 2.26. The average Bonchev–Trinajstić information content (AvgIpc) is 2.68. The largest absolute Gasteiger partial charge is 0.330 e. The molecule has 0 saturated carbocycles. The molecular formula is C14H17FN2S2. The summed E-state index contributed by atoms with van der Waals surface area (Å²) in [7, 11) is 0. The molecule has 0 aliphatic carbocycles. The molecule has 19 heavy (non-hydrogen) atoms. The number of aryl methyl sites for hydroxylation is 1. The fourth-order valence-corrected chi connectivity index (χ4v) is 4.14. The maximum Gasteiger partial charge on any atom is 0.178 e. The molecule has 102 valence electrons. The third-order valence-electron chi connectivity index (χ3n) is 3.84. The van der Waals surface area contributed by atoms with Gasteiger partial charge in [0.15, 0.2) is 4.77 Å². The van der Waals surface area contributed by atoms with Crippen molar-refractivity contribution in [3.05, 3.63) is 28.3 Å². The van der Waals surface area contributed by atoms with Gasteiger partial charge in [0.25, 0.3) is 0 Å². The molecule has 2 nitrogen and oxygen atoms in total. The van der Waals surface area contributed by atoms with Crippen LogP contribution < -0.4 is 0 Å². The van der Waals surface area contributed by atoms with E-state index >= 15 is 0 Å². The average molecular weight is 296 g/mol. The molecule has 1 N–H and O–H groups in total. The minimum absolute atomic E-state index is 0.176. The van der Waals surface area contributed by atoms with Crippen molar-refractivity contribution in [3.63, 3.8) is 0 Å². The number of hydrogen-bond donors (Lipinski definition) is 1. The number of halogens is 1. The van der Waals surface area contributed by atoms with Gasteiger partial charge in [0.1, 0.15) is 5.82 Å². The van der Waals surface area contributed by atoms with Crippen LogP contribution in [0.1, 0.15) is 18.4 Å². The quantitative estimate of drug-likeness (QED) is 0.835. The molecule has 0 spiro atoms. The normalized spacial score (nSPS) is 17.2. The fraction of sp³-hybridized carbons (Fsp3) is 0.500. The highest BCUT2D eigenvalue weighted by molar-refractivity contribution is 7.99. The van der Waals surface area contributed by atoms with E-state index in [0.29, 0.717) is 16.3 Å². The molecule has 3 rings (SSSR count). The van der Waals surface area contributed by atoms with Crippen LogP contribution in [0.3, 0.4) is 0 Å². The summed E-state index contributed by atoms with van der Waals surface area (Å²) in [5.41, 5.74) is 2.51. The van der Waals surface area contributed by atoms with Crippen molar-refractivity contribution in [2.45, 2.75) is 26.3 Å². The number of rotatable bonds is 2. The second kappa shape index (κ2) is 5.29. The van der Waals surface area contributed by atoms with Gasteiger partial charge in [-0.2, -0.15) is 11.8 Å².